The SMILES string of the molecule is C1=Cc2cc3ccc(cc4nc(cc5ccc(cc1n2)[nH]5)C=C4)[nH]3.ClC(Cl)Cl.[Au]. The quantitative estimate of drug-likeness (QED) is 0.150. The molecule has 151 valence electrons. The number of aromatic amines is 2. The van der Waals surface area contributed by atoms with Crippen LogP contribution in [0.3, 0.4) is 0 Å². The first-order chi connectivity index (χ1) is 13.5. The van der Waals surface area contributed by atoms with Crippen molar-refractivity contribution in [2.45, 2.75) is 4.30 Å². The molecule has 0 saturated carbocycles. The first-order valence-corrected chi connectivity index (χ1v) is 9.81. The van der Waals surface area contributed by atoms with Gasteiger partial charge in [0.1, 0.15) is 0 Å². The van der Waals surface area contributed by atoms with Gasteiger partial charge in [-0.1, -0.05) is 34.8 Å². The average molecular weight is 627 g/mol. The summed E-state index contributed by atoms with van der Waals surface area (Å²) in [4.78, 5) is 16.0. The Bertz CT molecular complexity index is 1050. The Balaban J connectivity index is 0.000000443. The minimum absolute atomic E-state index is 0. The van der Waals surface area contributed by atoms with E-state index < -0.39 is 4.30 Å². The number of fused-ring (bicyclic) bond motifs is 8. The molecule has 8 bridgehead atoms. The second kappa shape index (κ2) is 9.81. The van der Waals surface area contributed by atoms with Gasteiger partial charge in [-0.15, -0.1) is 0 Å². The van der Waals surface area contributed by atoms with E-state index in [1.54, 1.807) is 0 Å². The van der Waals surface area contributed by atoms with Crippen LogP contribution in [0.2, 0.25) is 0 Å². The Kier molecular flexibility index (Phi) is 7.41. The number of hydrogen-bond acceptors (Lipinski definition) is 2. The van der Waals surface area contributed by atoms with Crippen LogP contribution < -0.4 is 0 Å². The molecule has 0 aromatic carbocycles. The number of hydrogen-bond donors (Lipinski definition) is 2. The van der Waals surface area contributed by atoms with Gasteiger partial charge in [0, 0.05) is 44.4 Å². The number of nitrogens with zero attached hydrogens (tertiary/aromatic N) is 2. The van der Waals surface area contributed by atoms with E-state index in [0.29, 0.717) is 0 Å². The van der Waals surface area contributed by atoms with Crippen LogP contribution in [0.4, 0.5) is 0 Å². The zero-order valence-corrected chi connectivity index (χ0v) is 19.3. The van der Waals surface area contributed by atoms with E-state index in [1.807, 2.05) is 48.6 Å². The van der Waals surface area contributed by atoms with E-state index >= 15 is 0 Å². The zero-order valence-electron chi connectivity index (χ0n) is 14.8. The summed E-state index contributed by atoms with van der Waals surface area (Å²) in [5.74, 6) is 0. The molecule has 3 aromatic heterocycles. The van der Waals surface area contributed by atoms with Crippen LogP contribution in [-0.4, -0.2) is 24.2 Å². The molecule has 29 heavy (non-hydrogen) atoms. The van der Waals surface area contributed by atoms with Gasteiger partial charge < -0.3 is 9.97 Å². The maximum absolute atomic E-state index is 4.81. The van der Waals surface area contributed by atoms with Gasteiger partial charge in [-0.05, 0) is 72.8 Å². The third-order valence-corrected chi connectivity index (χ3v) is 4.04. The molecule has 0 amide bonds. The van der Waals surface area contributed by atoms with Gasteiger partial charge in [-0.25, -0.2) is 9.97 Å². The van der Waals surface area contributed by atoms with Crippen LogP contribution in [0.1, 0.15) is 22.8 Å². The van der Waals surface area contributed by atoms with Crippen molar-refractivity contribution in [3.8, 4) is 0 Å². The maximum Gasteiger partial charge on any atom is 0.180 e. The zero-order chi connectivity index (χ0) is 19.5. The summed E-state index contributed by atoms with van der Waals surface area (Å²) in [7, 11) is 0. The fourth-order valence-corrected chi connectivity index (χ4v) is 2.94. The number of alkyl halides is 3. The molecule has 0 fully saturated rings. The summed E-state index contributed by atoms with van der Waals surface area (Å²) in [6.07, 6.45) is 8.09. The summed E-state index contributed by atoms with van der Waals surface area (Å²) in [6, 6.07) is 16.4. The van der Waals surface area contributed by atoms with Gasteiger partial charge in [0.05, 0.1) is 22.8 Å². The number of aromatic nitrogens is 4. The Morgan fingerprint density at radius 3 is 1.03 bits per heavy atom. The maximum atomic E-state index is 4.81. The van der Waals surface area contributed by atoms with Gasteiger partial charge in [0.15, 0.2) is 4.30 Å². The number of rotatable bonds is 0. The Hall–Kier alpha value is -1.79. The molecule has 5 rings (SSSR count). The molecule has 0 aliphatic carbocycles. The molecular weight excluding hydrogens is 612 g/mol. The standard InChI is InChI=1S/C20H14N4.CHCl3.Au/c1-2-14-10-16-5-6-18(23-16)12-20-8-7-19(24-20)11-17-4-3-15(22-17)9-13(1)21-14;2-1(3)4;/h1-12,21,24H;1H;. The van der Waals surface area contributed by atoms with Crippen LogP contribution in [0.25, 0.3) is 46.4 Å². The minimum Gasteiger partial charge on any atom is -0.355 e. The van der Waals surface area contributed by atoms with Crippen molar-refractivity contribution < 1.29 is 22.4 Å². The van der Waals surface area contributed by atoms with Gasteiger partial charge in [-0.2, -0.15) is 0 Å². The topological polar surface area (TPSA) is 57.4 Å². The first kappa shape index (κ1) is 21.9. The summed E-state index contributed by atoms with van der Waals surface area (Å²) in [5, 5.41) is 0. The fourth-order valence-electron chi connectivity index (χ4n) is 2.94. The molecule has 4 nitrogen and oxygen atoms in total. The molecule has 2 N–H and O–H groups in total. The predicted molar refractivity (Wildman–Crippen MR) is 120 cm³/mol. The van der Waals surface area contributed by atoms with Gasteiger partial charge in [0.25, 0.3) is 0 Å². The first-order valence-electron chi connectivity index (χ1n) is 8.50. The molecule has 2 aliphatic heterocycles. The van der Waals surface area contributed by atoms with Crippen LogP contribution in [0.15, 0.2) is 48.5 Å². The number of H-pyrrole nitrogens is 2. The molecule has 8 heteroatoms. The molecule has 1 radical (unpaired) electrons. The van der Waals surface area contributed by atoms with Crippen molar-refractivity contribution >= 4 is 81.2 Å². The van der Waals surface area contributed by atoms with Gasteiger partial charge >= 0.3 is 0 Å². The van der Waals surface area contributed by atoms with Crippen molar-refractivity contribution in [2.24, 2.45) is 0 Å². The molecular formula is C21H15AuCl3N4. The van der Waals surface area contributed by atoms with Crippen molar-refractivity contribution in [3.05, 3.63) is 71.3 Å². The smallest absolute Gasteiger partial charge is 0.180 e. The molecule has 0 atom stereocenters. The van der Waals surface area contributed by atoms with Crippen LogP contribution in [0, 0.1) is 0 Å². The Morgan fingerprint density at radius 1 is 0.552 bits per heavy atom. The number of halogens is 3. The van der Waals surface area contributed by atoms with Crippen molar-refractivity contribution in [1.29, 1.82) is 0 Å². The Labute approximate surface area is 198 Å². The van der Waals surface area contributed by atoms with E-state index in [-0.39, 0.29) is 22.4 Å². The molecule has 0 unspecified atom stereocenters. The largest absolute Gasteiger partial charge is 0.355 e. The van der Waals surface area contributed by atoms with E-state index in [9.17, 15) is 0 Å². The molecule has 5 heterocycles. The second-order valence-electron chi connectivity index (χ2n) is 6.15. The monoisotopic (exact) mass is 625 g/mol. The number of nitrogens with one attached hydrogen (secondary N) is 2. The third kappa shape index (κ3) is 6.09. The van der Waals surface area contributed by atoms with E-state index in [0.717, 1.165) is 44.8 Å². The molecule has 2 aliphatic rings. The van der Waals surface area contributed by atoms with Crippen LogP contribution in [-0.2, 0) is 22.4 Å². The van der Waals surface area contributed by atoms with Crippen molar-refractivity contribution in [3.63, 3.8) is 0 Å². The molecule has 0 spiro atoms. The van der Waals surface area contributed by atoms with Crippen molar-refractivity contribution in [2.75, 3.05) is 0 Å². The van der Waals surface area contributed by atoms with Crippen LogP contribution >= 0.6 is 34.8 Å². The third-order valence-electron chi connectivity index (χ3n) is 4.04. The van der Waals surface area contributed by atoms with Crippen LogP contribution in [0.5, 0.6) is 0 Å². The predicted octanol–water partition coefficient (Wildman–Crippen LogP) is 6.64. The van der Waals surface area contributed by atoms with E-state index in [4.69, 9.17) is 34.8 Å². The van der Waals surface area contributed by atoms with Crippen molar-refractivity contribution in [1.82, 2.24) is 19.9 Å². The van der Waals surface area contributed by atoms with E-state index in [1.165, 1.54) is 0 Å². The summed E-state index contributed by atoms with van der Waals surface area (Å²) < 4.78 is -0.750. The summed E-state index contributed by atoms with van der Waals surface area (Å²) in [5.41, 5.74) is 7.86. The average Bonchev–Trinajstić information content (AvgIpc) is 3.39. The summed E-state index contributed by atoms with van der Waals surface area (Å²) in [6.45, 7) is 0. The van der Waals surface area contributed by atoms with Gasteiger partial charge in [-0.3, -0.25) is 0 Å². The Morgan fingerprint density at radius 2 is 0.793 bits per heavy atom. The summed E-state index contributed by atoms with van der Waals surface area (Å²) >= 11 is 14.4. The fraction of sp³-hybridized carbons (Fsp3) is 0.0476. The van der Waals surface area contributed by atoms with Gasteiger partial charge in [0.2, 0.25) is 0 Å². The molecule has 3 aromatic rings. The minimum atomic E-state index is -0.750. The normalized spacial score (nSPS) is 11.7. The molecule has 0 saturated heterocycles. The van der Waals surface area contributed by atoms with E-state index in [2.05, 4.69) is 44.2 Å². The second-order valence-corrected chi connectivity index (χ2v) is 8.13.